The van der Waals surface area contributed by atoms with E-state index in [1.165, 1.54) is 17.8 Å². The number of aliphatic hydroxyl groups is 1. The van der Waals surface area contributed by atoms with Crippen molar-refractivity contribution in [2.24, 2.45) is 0 Å². The van der Waals surface area contributed by atoms with E-state index in [2.05, 4.69) is 15.6 Å². The average molecular weight is 435 g/mol. The van der Waals surface area contributed by atoms with Crippen LogP contribution in [0.2, 0.25) is 0 Å². The van der Waals surface area contributed by atoms with Gasteiger partial charge in [-0.2, -0.15) is 0 Å². The summed E-state index contributed by atoms with van der Waals surface area (Å²) in [6.45, 7) is 2.12. The molecule has 0 saturated carbocycles. The fourth-order valence-electron chi connectivity index (χ4n) is 3.85. The van der Waals surface area contributed by atoms with Crippen LogP contribution in [-0.2, 0) is 6.54 Å². The molecule has 3 N–H and O–H groups in total. The summed E-state index contributed by atoms with van der Waals surface area (Å²) in [5.41, 5.74) is 1.12. The first-order valence-corrected chi connectivity index (χ1v) is 10.8. The van der Waals surface area contributed by atoms with Gasteiger partial charge in [-0.15, -0.1) is 0 Å². The number of rotatable bonds is 7. The molecule has 0 bridgehead atoms. The number of amides is 1. The van der Waals surface area contributed by atoms with Gasteiger partial charge in [-0.05, 0) is 42.7 Å². The highest BCUT2D eigenvalue weighted by atomic mass is 19.1. The number of anilines is 2. The fraction of sp³-hybridized carbons (Fsp3) is 0.280. The first kappa shape index (κ1) is 21.9. The van der Waals surface area contributed by atoms with Crippen LogP contribution in [0, 0.1) is 5.82 Å². The Balaban J connectivity index is 1.31. The van der Waals surface area contributed by atoms with E-state index in [1.807, 2.05) is 30.3 Å². The number of piperidine rings is 1. The van der Waals surface area contributed by atoms with Gasteiger partial charge in [-0.1, -0.05) is 42.5 Å². The number of hydrogen-bond donors (Lipinski definition) is 3. The van der Waals surface area contributed by atoms with Crippen LogP contribution < -0.4 is 10.6 Å². The Kier molecular flexibility index (Phi) is 6.78. The second kappa shape index (κ2) is 9.89. The molecule has 1 aliphatic rings. The van der Waals surface area contributed by atoms with Crippen LogP contribution in [0.25, 0.3) is 0 Å². The maximum Gasteiger partial charge on any atom is 0.254 e. The first-order valence-electron chi connectivity index (χ1n) is 10.8. The molecule has 6 nitrogen and oxygen atoms in total. The smallest absolute Gasteiger partial charge is 0.254 e. The lowest BCUT2D eigenvalue weighted by Gasteiger charge is -2.38. The van der Waals surface area contributed by atoms with E-state index in [0.29, 0.717) is 56.1 Å². The van der Waals surface area contributed by atoms with Crippen LogP contribution >= 0.6 is 0 Å². The van der Waals surface area contributed by atoms with Gasteiger partial charge in [-0.25, -0.2) is 9.37 Å². The molecule has 0 spiro atoms. The van der Waals surface area contributed by atoms with Gasteiger partial charge < -0.3 is 20.6 Å². The van der Waals surface area contributed by atoms with E-state index in [9.17, 15) is 14.3 Å². The molecular formula is C25H27FN4O2. The van der Waals surface area contributed by atoms with Crippen LogP contribution in [0.15, 0.2) is 72.9 Å². The third-order valence-corrected chi connectivity index (χ3v) is 5.75. The number of aromatic nitrogens is 1. The average Bonchev–Trinajstić information content (AvgIpc) is 2.81. The zero-order valence-corrected chi connectivity index (χ0v) is 17.8. The number of nitrogens with one attached hydrogen (secondary N) is 2. The highest BCUT2D eigenvalue weighted by Crippen LogP contribution is 2.24. The molecule has 2 heterocycles. The number of hydrogen-bond acceptors (Lipinski definition) is 5. The molecule has 0 radical (unpaired) electrons. The van der Waals surface area contributed by atoms with Gasteiger partial charge in [-0.3, -0.25) is 4.79 Å². The number of benzene rings is 2. The molecule has 32 heavy (non-hydrogen) atoms. The summed E-state index contributed by atoms with van der Waals surface area (Å²) < 4.78 is 13.9. The Morgan fingerprint density at radius 3 is 2.53 bits per heavy atom. The zero-order valence-electron chi connectivity index (χ0n) is 17.8. The van der Waals surface area contributed by atoms with Gasteiger partial charge in [0.2, 0.25) is 0 Å². The molecule has 0 aliphatic carbocycles. The van der Waals surface area contributed by atoms with Gasteiger partial charge in [0.15, 0.2) is 0 Å². The van der Waals surface area contributed by atoms with Gasteiger partial charge in [0.25, 0.3) is 5.91 Å². The number of pyridine rings is 1. The van der Waals surface area contributed by atoms with Crippen LogP contribution in [-0.4, -0.2) is 46.1 Å². The molecule has 0 unspecified atom stereocenters. The Labute approximate surface area is 187 Å². The minimum absolute atomic E-state index is 0.122. The van der Waals surface area contributed by atoms with Crippen molar-refractivity contribution >= 4 is 17.4 Å². The van der Waals surface area contributed by atoms with Gasteiger partial charge in [0.1, 0.15) is 11.6 Å². The molecule has 1 aromatic heterocycles. The monoisotopic (exact) mass is 434 g/mol. The van der Waals surface area contributed by atoms with Gasteiger partial charge in [0.05, 0.1) is 11.3 Å². The molecule has 4 rings (SSSR count). The van der Waals surface area contributed by atoms with E-state index in [0.717, 1.165) is 0 Å². The first-order chi connectivity index (χ1) is 15.5. The zero-order chi connectivity index (χ0) is 22.4. The van der Waals surface area contributed by atoms with Crippen molar-refractivity contribution in [2.75, 3.05) is 25.0 Å². The summed E-state index contributed by atoms with van der Waals surface area (Å²) in [7, 11) is 0. The minimum Gasteiger partial charge on any atom is -0.388 e. The lowest BCUT2D eigenvalue weighted by molar-refractivity contribution is -0.0158. The number of nitrogens with zero attached hydrogens (tertiary/aromatic N) is 2. The summed E-state index contributed by atoms with van der Waals surface area (Å²) in [6, 6.07) is 19.6. The van der Waals surface area contributed by atoms with Crippen molar-refractivity contribution in [1.82, 2.24) is 15.2 Å². The van der Waals surface area contributed by atoms with E-state index in [-0.39, 0.29) is 11.7 Å². The predicted octanol–water partition coefficient (Wildman–Crippen LogP) is 3.72. The molecule has 7 heteroatoms. The summed E-state index contributed by atoms with van der Waals surface area (Å²) in [4.78, 5) is 18.9. The van der Waals surface area contributed by atoms with Crippen molar-refractivity contribution in [2.45, 2.75) is 25.0 Å². The molecule has 1 amide bonds. The van der Waals surface area contributed by atoms with Crippen molar-refractivity contribution in [3.05, 3.63) is 89.9 Å². The number of halogens is 1. The van der Waals surface area contributed by atoms with E-state index < -0.39 is 5.60 Å². The molecule has 166 valence electrons. The maximum atomic E-state index is 13.9. The lowest BCUT2D eigenvalue weighted by atomic mass is 9.91. The third-order valence-electron chi connectivity index (χ3n) is 5.75. The lowest BCUT2D eigenvalue weighted by Crippen LogP contribution is -2.51. The molecular weight excluding hydrogens is 407 g/mol. The summed E-state index contributed by atoms with van der Waals surface area (Å²) in [5, 5.41) is 17.1. The normalized spacial score (nSPS) is 15.4. The Morgan fingerprint density at radius 2 is 1.78 bits per heavy atom. The highest BCUT2D eigenvalue weighted by molar-refractivity contribution is 5.95. The number of likely N-dealkylation sites (tertiary alicyclic amines) is 1. The van der Waals surface area contributed by atoms with E-state index in [1.54, 1.807) is 35.2 Å². The molecule has 1 saturated heterocycles. The van der Waals surface area contributed by atoms with E-state index in [4.69, 9.17) is 0 Å². The predicted molar refractivity (Wildman–Crippen MR) is 122 cm³/mol. The summed E-state index contributed by atoms with van der Waals surface area (Å²) >= 11 is 0. The van der Waals surface area contributed by atoms with Crippen LogP contribution in [0.3, 0.4) is 0 Å². The largest absolute Gasteiger partial charge is 0.388 e. The Bertz CT molecular complexity index is 1050. The Hall–Kier alpha value is -3.29. The summed E-state index contributed by atoms with van der Waals surface area (Å²) in [5.74, 6) is -0.106. The minimum atomic E-state index is -0.832. The molecule has 3 aromatic rings. The van der Waals surface area contributed by atoms with Crippen LogP contribution in [0.5, 0.6) is 0 Å². The number of carbonyl (C=O) groups excluding carboxylic acids is 1. The topological polar surface area (TPSA) is 77.5 Å². The highest BCUT2D eigenvalue weighted by Gasteiger charge is 2.33. The molecule has 1 fully saturated rings. The van der Waals surface area contributed by atoms with Gasteiger partial charge in [0, 0.05) is 37.9 Å². The second-order valence-corrected chi connectivity index (χ2v) is 8.14. The fourth-order valence-corrected chi connectivity index (χ4v) is 3.85. The van der Waals surface area contributed by atoms with Crippen molar-refractivity contribution in [3.8, 4) is 0 Å². The van der Waals surface area contributed by atoms with Crippen molar-refractivity contribution in [1.29, 1.82) is 0 Å². The SMILES string of the molecule is O=C(c1ccnc(Nc2ccccc2F)c1)N1CCC(O)(CNCc2ccccc2)CC1. The number of para-hydroxylation sites is 1. The summed E-state index contributed by atoms with van der Waals surface area (Å²) in [6.07, 6.45) is 2.54. The van der Waals surface area contributed by atoms with Crippen LogP contribution in [0.4, 0.5) is 15.9 Å². The molecule has 1 aliphatic heterocycles. The standard InChI is InChI=1S/C25H27FN4O2/c26-21-8-4-5-9-22(21)29-23-16-20(10-13-28-23)24(31)30-14-11-25(32,12-15-30)18-27-17-19-6-2-1-3-7-19/h1-10,13,16,27,32H,11-12,14-15,17-18H2,(H,28,29). The molecule has 0 atom stereocenters. The quantitative estimate of drug-likeness (QED) is 0.528. The van der Waals surface area contributed by atoms with Crippen molar-refractivity contribution < 1.29 is 14.3 Å². The van der Waals surface area contributed by atoms with E-state index >= 15 is 0 Å². The van der Waals surface area contributed by atoms with Gasteiger partial charge >= 0.3 is 0 Å². The van der Waals surface area contributed by atoms with Crippen LogP contribution in [0.1, 0.15) is 28.8 Å². The maximum absolute atomic E-state index is 13.9. The van der Waals surface area contributed by atoms with Crippen molar-refractivity contribution in [3.63, 3.8) is 0 Å². The second-order valence-electron chi connectivity index (χ2n) is 8.14. The number of carbonyl (C=O) groups is 1. The third kappa shape index (κ3) is 5.49. The molecule has 2 aromatic carbocycles. The Morgan fingerprint density at radius 1 is 1.06 bits per heavy atom.